The van der Waals surface area contributed by atoms with Crippen LogP contribution in [0, 0.1) is 0 Å². The molecule has 0 bridgehead atoms. The Bertz CT molecular complexity index is 1370. The van der Waals surface area contributed by atoms with Gasteiger partial charge >= 0.3 is 0 Å². The molecule has 4 aromatic rings. The number of aromatic nitrogens is 5. The average molecular weight is 431 g/mol. The maximum Gasteiger partial charge on any atom is 0.244 e. The quantitative estimate of drug-likeness (QED) is 0.515. The maximum absolute atomic E-state index is 6.18. The van der Waals surface area contributed by atoms with Gasteiger partial charge in [0, 0.05) is 46.9 Å². The second-order valence-corrected chi connectivity index (χ2v) is 8.89. The highest BCUT2D eigenvalue weighted by Crippen LogP contribution is 2.34. The van der Waals surface area contributed by atoms with Crippen molar-refractivity contribution >= 4 is 22.6 Å². The van der Waals surface area contributed by atoms with Gasteiger partial charge in [0.15, 0.2) is 0 Å². The third kappa shape index (κ3) is 3.45. The van der Waals surface area contributed by atoms with Gasteiger partial charge in [0.25, 0.3) is 0 Å². The molecule has 0 radical (unpaired) electrons. The van der Waals surface area contributed by atoms with Crippen molar-refractivity contribution in [2.24, 2.45) is 0 Å². The summed E-state index contributed by atoms with van der Waals surface area (Å²) in [5, 5.41) is 19.5. The van der Waals surface area contributed by atoms with E-state index in [1.54, 1.807) is 0 Å². The average Bonchev–Trinajstić information content (AvgIpc) is 3.52. The molecule has 0 saturated carbocycles. The Labute approximate surface area is 185 Å². The molecule has 32 heavy (non-hydrogen) atoms. The molecule has 3 aromatic heterocycles. The van der Waals surface area contributed by atoms with Gasteiger partial charge in [-0.05, 0) is 38.0 Å². The van der Waals surface area contributed by atoms with E-state index in [-0.39, 0.29) is 18.1 Å². The molecule has 4 heterocycles. The van der Waals surface area contributed by atoms with E-state index in [9.17, 15) is 0 Å². The molecule has 164 valence electrons. The SMILES string of the molecule is C[C@@H]1CN(Cc2nnc(C3=c4cn[nH]c4=CC(c4cccc5[nH]ccc45)C3)o2)C[C@H](C)O1. The maximum atomic E-state index is 6.18. The number of fused-ring (bicyclic) bond motifs is 2. The van der Waals surface area contributed by atoms with Crippen LogP contribution in [0.2, 0.25) is 0 Å². The van der Waals surface area contributed by atoms with Crippen LogP contribution in [0.3, 0.4) is 0 Å². The van der Waals surface area contributed by atoms with E-state index in [4.69, 9.17) is 9.15 Å². The molecular weight excluding hydrogens is 404 g/mol. The summed E-state index contributed by atoms with van der Waals surface area (Å²) < 4.78 is 12.0. The first-order valence-corrected chi connectivity index (χ1v) is 11.1. The molecule has 2 N–H and O–H groups in total. The molecule has 1 aliphatic heterocycles. The Balaban J connectivity index is 1.32. The third-order valence-corrected chi connectivity index (χ3v) is 6.39. The number of nitrogens with zero attached hydrogens (tertiary/aromatic N) is 4. The van der Waals surface area contributed by atoms with Crippen LogP contribution in [0.25, 0.3) is 22.6 Å². The Morgan fingerprint density at radius 1 is 1.12 bits per heavy atom. The zero-order valence-electron chi connectivity index (χ0n) is 18.2. The van der Waals surface area contributed by atoms with E-state index in [1.165, 1.54) is 10.9 Å². The largest absolute Gasteiger partial charge is 0.420 e. The summed E-state index contributed by atoms with van der Waals surface area (Å²) >= 11 is 0. The number of H-pyrrole nitrogens is 2. The van der Waals surface area contributed by atoms with Crippen molar-refractivity contribution < 1.29 is 9.15 Å². The number of hydrogen-bond acceptors (Lipinski definition) is 6. The first-order valence-electron chi connectivity index (χ1n) is 11.1. The van der Waals surface area contributed by atoms with Gasteiger partial charge in [-0.15, -0.1) is 10.2 Å². The van der Waals surface area contributed by atoms with Crippen LogP contribution in [0.15, 0.2) is 41.1 Å². The van der Waals surface area contributed by atoms with E-state index in [0.717, 1.165) is 41.2 Å². The van der Waals surface area contributed by atoms with Crippen LogP contribution in [0.1, 0.15) is 43.5 Å². The molecular formula is C24H26N6O2. The molecule has 1 aliphatic carbocycles. The van der Waals surface area contributed by atoms with Crippen LogP contribution in [0.4, 0.5) is 0 Å². The highest BCUT2D eigenvalue weighted by Gasteiger charge is 2.26. The summed E-state index contributed by atoms with van der Waals surface area (Å²) in [7, 11) is 0. The van der Waals surface area contributed by atoms with Crippen molar-refractivity contribution in [1.82, 2.24) is 30.3 Å². The lowest BCUT2D eigenvalue weighted by atomic mass is 9.86. The van der Waals surface area contributed by atoms with E-state index < -0.39 is 0 Å². The molecule has 8 heteroatoms. The predicted molar refractivity (Wildman–Crippen MR) is 120 cm³/mol. The molecule has 2 aliphatic rings. The highest BCUT2D eigenvalue weighted by atomic mass is 16.5. The van der Waals surface area contributed by atoms with Crippen molar-refractivity contribution in [2.45, 2.75) is 44.9 Å². The second-order valence-electron chi connectivity index (χ2n) is 8.89. The Kier molecular flexibility index (Phi) is 4.69. The number of ether oxygens (including phenoxy) is 1. The van der Waals surface area contributed by atoms with Gasteiger partial charge in [-0.25, -0.2) is 0 Å². The summed E-state index contributed by atoms with van der Waals surface area (Å²) in [5.41, 5.74) is 3.45. The normalized spacial score (nSPS) is 23.9. The van der Waals surface area contributed by atoms with Gasteiger partial charge < -0.3 is 14.1 Å². The van der Waals surface area contributed by atoms with Crippen LogP contribution < -0.4 is 10.6 Å². The second kappa shape index (κ2) is 7.72. The summed E-state index contributed by atoms with van der Waals surface area (Å²) in [5.74, 6) is 1.41. The smallest absolute Gasteiger partial charge is 0.244 e. The standard InChI is InChI=1S/C24H26N6O2/c1-14-11-30(12-15(2)31-14)13-23-28-29-24(32-23)19-8-16(9-22-20(19)10-26-27-22)17-4-3-5-21-18(17)6-7-25-21/h3-7,9-10,14-16,25,27H,8,11-13H2,1-2H3/t14-,15+,16?. The van der Waals surface area contributed by atoms with Gasteiger partial charge in [-0.2, -0.15) is 5.10 Å². The molecule has 6 rings (SSSR count). The monoisotopic (exact) mass is 430 g/mol. The first-order chi connectivity index (χ1) is 15.6. The van der Waals surface area contributed by atoms with Crippen LogP contribution in [0.5, 0.6) is 0 Å². The summed E-state index contributed by atoms with van der Waals surface area (Å²) in [6.45, 7) is 6.56. The number of nitrogens with one attached hydrogen (secondary N) is 2. The molecule has 1 saturated heterocycles. The van der Waals surface area contributed by atoms with Crippen molar-refractivity contribution in [3.8, 4) is 0 Å². The van der Waals surface area contributed by atoms with E-state index in [2.05, 4.69) is 74.5 Å². The van der Waals surface area contributed by atoms with Crippen molar-refractivity contribution in [3.05, 3.63) is 64.6 Å². The van der Waals surface area contributed by atoms with Crippen LogP contribution >= 0.6 is 0 Å². The molecule has 0 amide bonds. The summed E-state index contributed by atoms with van der Waals surface area (Å²) in [6.07, 6.45) is 7.28. The summed E-state index contributed by atoms with van der Waals surface area (Å²) in [6, 6.07) is 8.52. The topological polar surface area (TPSA) is 95.9 Å². The van der Waals surface area contributed by atoms with Gasteiger partial charge in [-0.3, -0.25) is 10.00 Å². The Hall–Kier alpha value is -3.23. The lowest BCUT2D eigenvalue weighted by Gasteiger charge is -2.34. The van der Waals surface area contributed by atoms with Crippen LogP contribution in [-0.4, -0.2) is 55.6 Å². The van der Waals surface area contributed by atoms with E-state index in [0.29, 0.717) is 18.3 Å². The Morgan fingerprint density at radius 2 is 2.00 bits per heavy atom. The van der Waals surface area contributed by atoms with Crippen molar-refractivity contribution in [1.29, 1.82) is 0 Å². The lowest BCUT2D eigenvalue weighted by molar-refractivity contribution is -0.0722. The zero-order chi connectivity index (χ0) is 21.7. The first kappa shape index (κ1) is 19.5. The number of benzene rings is 1. The molecule has 1 fully saturated rings. The van der Waals surface area contributed by atoms with E-state index >= 15 is 0 Å². The molecule has 0 spiro atoms. The number of aromatic amines is 2. The molecule has 8 nitrogen and oxygen atoms in total. The predicted octanol–water partition coefficient (Wildman–Crippen LogP) is 2.05. The summed E-state index contributed by atoms with van der Waals surface area (Å²) in [4.78, 5) is 5.62. The van der Waals surface area contributed by atoms with Gasteiger partial charge in [0.2, 0.25) is 11.8 Å². The molecule has 3 atom stereocenters. The Morgan fingerprint density at radius 3 is 2.88 bits per heavy atom. The minimum absolute atomic E-state index is 0.189. The molecule has 1 unspecified atom stereocenters. The number of morpholine rings is 1. The van der Waals surface area contributed by atoms with Gasteiger partial charge in [-0.1, -0.05) is 18.2 Å². The molecule has 1 aromatic carbocycles. The fraction of sp³-hybridized carbons (Fsp3) is 0.375. The number of hydrogen-bond donors (Lipinski definition) is 2. The van der Waals surface area contributed by atoms with Gasteiger partial charge in [0.05, 0.1) is 30.3 Å². The minimum atomic E-state index is 0.189. The van der Waals surface area contributed by atoms with Gasteiger partial charge in [0.1, 0.15) is 0 Å². The lowest BCUT2D eigenvalue weighted by Crippen LogP contribution is -2.44. The number of rotatable bonds is 4. The fourth-order valence-corrected chi connectivity index (χ4v) is 5.13. The van der Waals surface area contributed by atoms with Crippen molar-refractivity contribution in [2.75, 3.05) is 13.1 Å². The fourth-order valence-electron chi connectivity index (χ4n) is 5.13. The van der Waals surface area contributed by atoms with Crippen molar-refractivity contribution in [3.63, 3.8) is 0 Å². The zero-order valence-corrected chi connectivity index (χ0v) is 18.2. The minimum Gasteiger partial charge on any atom is -0.420 e. The van der Waals surface area contributed by atoms with E-state index in [1.807, 2.05) is 12.4 Å². The highest BCUT2D eigenvalue weighted by molar-refractivity contribution is 5.85. The third-order valence-electron chi connectivity index (χ3n) is 6.39. The van der Waals surface area contributed by atoms with Crippen LogP contribution in [-0.2, 0) is 11.3 Å².